The second kappa shape index (κ2) is 6.38. The summed E-state index contributed by atoms with van der Waals surface area (Å²) < 4.78 is 8.01. The topological polar surface area (TPSA) is 39.4 Å². The summed E-state index contributed by atoms with van der Waals surface area (Å²) in [5.41, 5.74) is 4.09. The van der Waals surface area contributed by atoms with Crippen molar-refractivity contribution in [2.75, 3.05) is 0 Å². The number of benzene rings is 2. The van der Waals surface area contributed by atoms with E-state index < -0.39 is 9.04 Å². The lowest BCUT2D eigenvalue weighted by Gasteiger charge is -2.11. The molecule has 5 heteroatoms. The summed E-state index contributed by atoms with van der Waals surface area (Å²) in [6.07, 6.45) is 1.80. The third-order valence-corrected chi connectivity index (χ3v) is 4.20. The van der Waals surface area contributed by atoms with Gasteiger partial charge in [-0.25, -0.2) is 9.98 Å². The minimum absolute atomic E-state index is 0.830. The first kappa shape index (κ1) is 15.5. The molecule has 0 fully saturated rings. The van der Waals surface area contributed by atoms with Crippen molar-refractivity contribution in [3.63, 3.8) is 0 Å². The Labute approximate surface area is 138 Å². The molecule has 1 aromatic heterocycles. The van der Waals surface area contributed by atoms with Gasteiger partial charge in [0, 0.05) is 7.05 Å². The maximum Gasteiger partial charge on any atom is 0.274 e. The minimum Gasteiger partial charge on any atom is -0.541 e. The van der Waals surface area contributed by atoms with E-state index in [1.165, 1.54) is 5.56 Å². The lowest BCUT2D eigenvalue weighted by molar-refractivity contribution is 0.581. The van der Waals surface area contributed by atoms with Crippen molar-refractivity contribution < 1.29 is 4.43 Å². The monoisotopic (exact) mass is 322 g/mol. The smallest absolute Gasteiger partial charge is 0.274 e. The molecule has 4 nitrogen and oxygen atoms in total. The number of aryl methyl sites for hydroxylation is 2. The summed E-state index contributed by atoms with van der Waals surface area (Å²) in [7, 11) is 1.17. The molecule has 117 valence electrons. The lowest BCUT2D eigenvalue weighted by Crippen LogP contribution is -2.11. The van der Waals surface area contributed by atoms with Crippen LogP contribution in [0, 0.1) is 6.92 Å². The van der Waals surface area contributed by atoms with Gasteiger partial charge in [0.25, 0.3) is 9.04 Å². The van der Waals surface area contributed by atoms with Gasteiger partial charge in [0.05, 0.1) is 17.2 Å². The number of nitrogens with zero attached hydrogens (tertiary/aromatic N) is 3. The molecule has 3 aromatic rings. The van der Waals surface area contributed by atoms with Crippen LogP contribution in [0.15, 0.2) is 47.5 Å². The largest absolute Gasteiger partial charge is 0.541 e. The van der Waals surface area contributed by atoms with Crippen molar-refractivity contribution in [1.82, 2.24) is 9.55 Å². The molecule has 0 atom stereocenters. The molecule has 0 saturated carbocycles. The zero-order chi connectivity index (χ0) is 16.4. The zero-order valence-electron chi connectivity index (χ0n) is 13.9. The van der Waals surface area contributed by atoms with Gasteiger partial charge in [-0.3, -0.25) is 0 Å². The van der Waals surface area contributed by atoms with Crippen LogP contribution in [-0.4, -0.2) is 24.8 Å². The van der Waals surface area contributed by atoms with Crippen LogP contribution in [0.4, 0.5) is 5.69 Å². The molecular weight excluding hydrogens is 302 g/mol. The van der Waals surface area contributed by atoms with E-state index in [9.17, 15) is 0 Å². The minimum atomic E-state index is -0.831. The zero-order valence-corrected chi connectivity index (χ0v) is 14.9. The van der Waals surface area contributed by atoms with Crippen LogP contribution in [0.3, 0.4) is 0 Å². The van der Waals surface area contributed by atoms with Gasteiger partial charge in [0.1, 0.15) is 11.4 Å². The standard InChI is InChI=1S/C18H20N3OSi/c1-13-9-10-15(17(11-13)22-23(3)4)19-12-18-20-14-7-5-6-8-16(14)21(18)2/h5-12H,1-4H3. The maximum absolute atomic E-state index is 5.96. The van der Waals surface area contributed by atoms with Crippen molar-refractivity contribution in [1.29, 1.82) is 0 Å². The fraction of sp³-hybridized carbons (Fsp3) is 0.222. The van der Waals surface area contributed by atoms with Gasteiger partial charge >= 0.3 is 0 Å². The lowest BCUT2D eigenvalue weighted by atomic mass is 10.2. The predicted octanol–water partition coefficient (Wildman–Crippen LogP) is 4.26. The fourth-order valence-corrected chi connectivity index (χ4v) is 3.04. The van der Waals surface area contributed by atoms with Crippen LogP contribution in [0.1, 0.15) is 11.4 Å². The first-order chi connectivity index (χ1) is 11.0. The summed E-state index contributed by atoms with van der Waals surface area (Å²) in [6, 6.07) is 14.2. The number of aliphatic imine (C=N–C) groups is 1. The summed E-state index contributed by atoms with van der Waals surface area (Å²) in [4.78, 5) is 9.22. The van der Waals surface area contributed by atoms with E-state index >= 15 is 0 Å². The fourth-order valence-electron chi connectivity index (χ4n) is 2.44. The van der Waals surface area contributed by atoms with Crippen LogP contribution < -0.4 is 4.43 Å². The van der Waals surface area contributed by atoms with E-state index in [1.54, 1.807) is 6.21 Å². The number of fused-ring (bicyclic) bond motifs is 1. The number of hydrogen-bond donors (Lipinski definition) is 0. The number of imidazole rings is 1. The Balaban J connectivity index is 1.97. The van der Waals surface area contributed by atoms with E-state index in [2.05, 4.69) is 36.1 Å². The highest BCUT2D eigenvalue weighted by Gasteiger charge is 2.08. The quantitative estimate of drug-likeness (QED) is 0.532. The molecule has 1 radical (unpaired) electrons. The second-order valence-corrected chi connectivity index (χ2v) is 7.78. The molecule has 0 unspecified atom stereocenters. The van der Waals surface area contributed by atoms with Gasteiger partial charge in [-0.1, -0.05) is 18.2 Å². The van der Waals surface area contributed by atoms with Crippen molar-refractivity contribution in [3.05, 3.63) is 53.9 Å². The average Bonchev–Trinajstić information content (AvgIpc) is 2.83. The van der Waals surface area contributed by atoms with Crippen LogP contribution in [0.5, 0.6) is 5.75 Å². The van der Waals surface area contributed by atoms with Crippen LogP contribution >= 0.6 is 0 Å². The van der Waals surface area contributed by atoms with Crippen LogP contribution in [0.2, 0.25) is 13.1 Å². The van der Waals surface area contributed by atoms with E-state index in [4.69, 9.17) is 4.43 Å². The van der Waals surface area contributed by atoms with Gasteiger partial charge in [-0.05, 0) is 49.8 Å². The highest BCUT2D eigenvalue weighted by Crippen LogP contribution is 2.29. The second-order valence-electron chi connectivity index (χ2n) is 5.76. The molecule has 0 aliphatic rings. The van der Waals surface area contributed by atoms with E-state index in [1.807, 2.05) is 48.0 Å². The summed E-state index contributed by atoms with van der Waals surface area (Å²) in [5.74, 6) is 1.68. The number of rotatable bonds is 4. The van der Waals surface area contributed by atoms with Gasteiger partial charge in [-0.15, -0.1) is 0 Å². The van der Waals surface area contributed by atoms with E-state index in [0.29, 0.717) is 0 Å². The third-order valence-electron chi connectivity index (χ3n) is 3.57. The molecule has 1 heterocycles. The molecule has 23 heavy (non-hydrogen) atoms. The first-order valence-electron chi connectivity index (χ1n) is 7.59. The average molecular weight is 322 g/mol. The molecule has 0 N–H and O–H groups in total. The van der Waals surface area contributed by atoms with Crippen molar-refractivity contribution in [2.45, 2.75) is 20.0 Å². The Hall–Kier alpha value is -2.40. The van der Waals surface area contributed by atoms with Crippen molar-refractivity contribution >= 4 is 32.0 Å². The van der Waals surface area contributed by atoms with Crippen LogP contribution in [0.25, 0.3) is 11.0 Å². The Morgan fingerprint density at radius 3 is 2.70 bits per heavy atom. The van der Waals surface area contributed by atoms with E-state index in [-0.39, 0.29) is 0 Å². The van der Waals surface area contributed by atoms with Gasteiger partial charge < -0.3 is 8.99 Å². The Kier molecular flexibility index (Phi) is 4.30. The number of aromatic nitrogens is 2. The van der Waals surface area contributed by atoms with E-state index in [0.717, 1.165) is 28.3 Å². The number of hydrogen-bond acceptors (Lipinski definition) is 3. The molecule has 3 rings (SSSR count). The molecule has 0 spiro atoms. The third kappa shape index (κ3) is 3.34. The van der Waals surface area contributed by atoms with Gasteiger partial charge in [-0.2, -0.15) is 0 Å². The summed E-state index contributed by atoms with van der Waals surface area (Å²) in [5, 5.41) is 0. The maximum atomic E-state index is 5.96. The Morgan fingerprint density at radius 2 is 1.96 bits per heavy atom. The molecule has 0 aliphatic heterocycles. The molecule has 0 aliphatic carbocycles. The molecule has 0 amide bonds. The number of para-hydroxylation sites is 2. The summed E-state index contributed by atoms with van der Waals surface area (Å²) in [6.45, 7) is 6.29. The van der Waals surface area contributed by atoms with Gasteiger partial charge in [0.2, 0.25) is 0 Å². The molecular formula is C18H20N3OSi. The Morgan fingerprint density at radius 1 is 1.17 bits per heavy atom. The predicted molar refractivity (Wildman–Crippen MR) is 97.3 cm³/mol. The summed E-state index contributed by atoms with van der Waals surface area (Å²) >= 11 is 0. The normalized spacial score (nSPS) is 11.7. The molecule has 0 saturated heterocycles. The van der Waals surface area contributed by atoms with Crippen molar-refractivity contribution in [3.8, 4) is 5.75 Å². The molecule has 2 aromatic carbocycles. The first-order valence-corrected chi connectivity index (χ1v) is 9.99. The van der Waals surface area contributed by atoms with Crippen LogP contribution in [-0.2, 0) is 7.05 Å². The Bertz CT molecular complexity index is 868. The van der Waals surface area contributed by atoms with Gasteiger partial charge in [0.15, 0.2) is 5.82 Å². The highest BCUT2D eigenvalue weighted by atomic mass is 28.3. The highest BCUT2D eigenvalue weighted by molar-refractivity contribution is 6.49. The SMILES string of the molecule is Cc1ccc(N=Cc2nc3ccccc3n2C)c(O[Si](C)C)c1. The molecule has 0 bridgehead atoms. The van der Waals surface area contributed by atoms with Crippen molar-refractivity contribution in [2.24, 2.45) is 12.0 Å².